The molecule has 0 aliphatic heterocycles. The van der Waals surface area contributed by atoms with Crippen molar-refractivity contribution in [3.8, 4) is 0 Å². The standard InChI is InChI=1S/C7H14N4O/c1-5(12-2)3-6-9-7(4-8)11-10-6/h5H,3-4,8H2,1-2H3,(H,9,10,11). The van der Waals surface area contributed by atoms with Crippen LogP contribution in [0.25, 0.3) is 0 Å². The number of aromatic nitrogens is 3. The van der Waals surface area contributed by atoms with Crippen LogP contribution in [0.4, 0.5) is 0 Å². The number of aromatic amines is 1. The van der Waals surface area contributed by atoms with Gasteiger partial charge in [0.1, 0.15) is 5.82 Å². The molecule has 0 fully saturated rings. The summed E-state index contributed by atoms with van der Waals surface area (Å²) in [5.41, 5.74) is 5.36. The van der Waals surface area contributed by atoms with E-state index >= 15 is 0 Å². The Hall–Kier alpha value is -0.940. The summed E-state index contributed by atoms with van der Waals surface area (Å²) in [5, 5.41) is 6.72. The van der Waals surface area contributed by atoms with E-state index in [0.717, 1.165) is 5.82 Å². The number of hydrogen-bond acceptors (Lipinski definition) is 4. The van der Waals surface area contributed by atoms with Gasteiger partial charge in [0.25, 0.3) is 0 Å². The van der Waals surface area contributed by atoms with Gasteiger partial charge in [0.2, 0.25) is 0 Å². The Balaban J connectivity index is 2.52. The lowest BCUT2D eigenvalue weighted by Crippen LogP contribution is -2.09. The van der Waals surface area contributed by atoms with Gasteiger partial charge in [-0.1, -0.05) is 0 Å². The minimum atomic E-state index is 0.145. The lowest BCUT2D eigenvalue weighted by Gasteiger charge is -2.04. The zero-order valence-electron chi connectivity index (χ0n) is 7.37. The fraction of sp³-hybridized carbons (Fsp3) is 0.714. The smallest absolute Gasteiger partial charge is 0.153 e. The van der Waals surface area contributed by atoms with Crippen molar-refractivity contribution in [2.45, 2.75) is 26.0 Å². The SMILES string of the molecule is COC(C)Cc1n[nH]c(CN)n1. The van der Waals surface area contributed by atoms with Crippen molar-refractivity contribution in [1.82, 2.24) is 15.2 Å². The molecule has 12 heavy (non-hydrogen) atoms. The summed E-state index contributed by atoms with van der Waals surface area (Å²) in [5.74, 6) is 1.47. The van der Waals surface area contributed by atoms with E-state index in [1.165, 1.54) is 0 Å². The Labute approximate surface area is 71.3 Å². The van der Waals surface area contributed by atoms with Crippen LogP contribution in [0, 0.1) is 0 Å². The molecule has 68 valence electrons. The van der Waals surface area contributed by atoms with Crippen molar-refractivity contribution in [1.29, 1.82) is 0 Å². The molecule has 1 aromatic rings. The first-order chi connectivity index (χ1) is 5.76. The van der Waals surface area contributed by atoms with Crippen molar-refractivity contribution in [3.05, 3.63) is 11.6 Å². The van der Waals surface area contributed by atoms with Crippen LogP contribution >= 0.6 is 0 Å². The second-order valence-electron chi connectivity index (χ2n) is 2.65. The van der Waals surface area contributed by atoms with Crippen LogP contribution in [0.15, 0.2) is 0 Å². The van der Waals surface area contributed by atoms with Crippen LogP contribution in [0.2, 0.25) is 0 Å². The number of nitrogens with one attached hydrogen (secondary N) is 1. The van der Waals surface area contributed by atoms with Crippen molar-refractivity contribution in [2.75, 3.05) is 7.11 Å². The Morgan fingerprint density at radius 1 is 1.67 bits per heavy atom. The van der Waals surface area contributed by atoms with Gasteiger partial charge in [0.05, 0.1) is 12.6 Å². The Kier molecular flexibility index (Phi) is 3.19. The van der Waals surface area contributed by atoms with E-state index < -0.39 is 0 Å². The van der Waals surface area contributed by atoms with Crippen molar-refractivity contribution in [2.24, 2.45) is 5.73 Å². The number of rotatable bonds is 4. The van der Waals surface area contributed by atoms with E-state index in [2.05, 4.69) is 15.2 Å². The molecule has 1 unspecified atom stereocenters. The number of nitrogens with zero attached hydrogens (tertiary/aromatic N) is 2. The van der Waals surface area contributed by atoms with E-state index in [-0.39, 0.29) is 6.10 Å². The van der Waals surface area contributed by atoms with Crippen LogP contribution in [0.1, 0.15) is 18.6 Å². The van der Waals surface area contributed by atoms with Gasteiger partial charge in [-0.3, -0.25) is 5.10 Å². The molecule has 1 atom stereocenters. The zero-order chi connectivity index (χ0) is 8.97. The van der Waals surface area contributed by atoms with Crippen LogP contribution in [0.5, 0.6) is 0 Å². The minimum absolute atomic E-state index is 0.145. The maximum atomic E-state index is 5.36. The Morgan fingerprint density at radius 2 is 2.42 bits per heavy atom. The lowest BCUT2D eigenvalue weighted by molar-refractivity contribution is 0.117. The molecule has 5 heteroatoms. The van der Waals surface area contributed by atoms with Gasteiger partial charge in [0.15, 0.2) is 5.82 Å². The molecule has 0 saturated carbocycles. The lowest BCUT2D eigenvalue weighted by atomic mass is 10.3. The van der Waals surface area contributed by atoms with E-state index in [4.69, 9.17) is 10.5 Å². The molecule has 0 aliphatic rings. The van der Waals surface area contributed by atoms with Crippen molar-refractivity contribution >= 4 is 0 Å². The molecule has 0 radical (unpaired) electrons. The summed E-state index contributed by atoms with van der Waals surface area (Å²) in [6.07, 6.45) is 0.860. The molecule has 0 aliphatic carbocycles. The summed E-state index contributed by atoms with van der Waals surface area (Å²) < 4.78 is 5.07. The number of H-pyrrole nitrogens is 1. The second-order valence-corrected chi connectivity index (χ2v) is 2.65. The molecular weight excluding hydrogens is 156 g/mol. The fourth-order valence-electron chi connectivity index (χ4n) is 0.858. The highest BCUT2D eigenvalue weighted by Crippen LogP contribution is 1.99. The molecule has 3 N–H and O–H groups in total. The minimum Gasteiger partial charge on any atom is -0.381 e. The third-order valence-corrected chi connectivity index (χ3v) is 1.64. The van der Waals surface area contributed by atoms with E-state index in [1.54, 1.807) is 7.11 Å². The van der Waals surface area contributed by atoms with Gasteiger partial charge in [-0.25, -0.2) is 4.98 Å². The highest BCUT2D eigenvalue weighted by atomic mass is 16.5. The molecule has 0 amide bonds. The van der Waals surface area contributed by atoms with Gasteiger partial charge in [-0.15, -0.1) is 0 Å². The molecule has 0 saturated heterocycles. The topological polar surface area (TPSA) is 76.8 Å². The average molecular weight is 170 g/mol. The van der Waals surface area contributed by atoms with Gasteiger partial charge in [-0.2, -0.15) is 5.10 Å². The summed E-state index contributed by atoms with van der Waals surface area (Å²) >= 11 is 0. The highest BCUT2D eigenvalue weighted by molar-refractivity contribution is 4.90. The molecule has 0 bridgehead atoms. The van der Waals surface area contributed by atoms with Crippen LogP contribution in [0.3, 0.4) is 0 Å². The van der Waals surface area contributed by atoms with Gasteiger partial charge in [0, 0.05) is 13.5 Å². The number of nitrogens with two attached hydrogens (primary N) is 1. The Bertz CT molecular complexity index is 235. The fourth-order valence-corrected chi connectivity index (χ4v) is 0.858. The number of ether oxygens (including phenoxy) is 1. The number of hydrogen-bond donors (Lipinski definition) is 2. The first-order valence-corrected chi connectivity index (χ1v) is 3.89. The monoisotopic (exact) mass is 170 g/mol. The Morgan fingerprint density at radius 3 is 2.92 bits per heavy atom. The molecule has 1 aromatic heterocycles. The quantitative estimate of drug-likeness (QED) is 0.658. The first-order valence-electron chi connectivity index (χ1n) is 3.89. The second kappa shape index (κ2) is 4.18. The zero-order valence-corrected chi connectivity index (χ0v) is 7.37. The van der Waals surface area contributed by atoms with Crippen molar-refractivity contribution in [3.63, 3.8) is 0 Å². The average Bonchev–Trinajstić information content (AvgIpc) is 2.52. The van der Waals surface area contributed by atoms with Gasteiger partial charge >= 0.3 is 0 Å². The van der Waals surface area contributed by atoms with Crippen LogP contribution in [-0.4, -0.2) is 28.4 Å². The molecular formula is C7H14N4O. The predicted molar refractivity (Wildman–Crippen MR) is 44.4 cm³/mol. The first kappa shape index (κ1) is 9.15. The third kappa shape index (κ3) is 2.28. The predicted octanol–water partition coefficient (Wildman–Crippen LogP) is -0.159. The van der Waals surface area contributed by atoms with E-state index in [0.29, 0.717) is 18.8 Å². The molecule has 0 spiro atoms. The summed E-state index contributed by atoms with van der Waals surface area (Å²) in [6, 6.07) is 0. The molecule has 5 nitrogen and oxygen atoms in total. The summed E-state index contributed by atoms with van der Waals surface area (Å²) in [4.78, 5) is 4.14. The summed E-state index contributed by atoms with van der Waals surface area (Å²) in [7, 11) is 1.67. The molecule has 1 rings (SSSR count). The number of methoxy groups -OCH3 is 1. The van der Waals surface area contributed by atoms with Crippen LogP contribution in [-0.2, 0) is 17.7 Å². The third-order valence-electron chi connectivity index (χ3n) is 1.64. The van der Waals surface area contributed by atoms with Gasteiger partial charge < -0.3 is 10.5 Å². The summed E-state index contributed by atoms with van der Waals surface area (Å²) in [6.45, 7) is 2.37. The highest BCUT2D eigenvalue weighted by Gasteiger charge is 2.06. The molecule has 0 aromatic carbocycles. The van der Waals surface area contributed by atoms with Crippen LogP contribution < -0.4 is 5.73 Å². The van der Waals surface area contributed by atoms with E-state index in [1.807, 2.05) is 6.92 Å². The maximum absolute atomic E-state index is 5.36. The largest absolute Gasteiger partial charge is 0.381 e. The van der Waals surface area contributed by atoms with E-state index in [9.17, 15) is 0 Å². The van der Waals surface area contributed by atoms with Gasteiger partial charge in [-0.05, 0) is 6.92 Å². The normalized spacial score (nSPS) is 13.2. The maximum Gasteiger partial charge on any atom is 0.153 e. The molecule has 1 heterocycles. The van der Waals surface area contributed by atoms with Crippen molar-refractivity contribution < 1.29 is 4.74 Å².